The van der Waals surface area contributed by atoms with Crippen molar-refractivity contribution in [2.24, 2.45) is 0 Å². The molecule has 0 aliphatic rings. The van der Waals surface area contributed by atoms with Crippen molar-refractivity contribution < 1.29 is 0 Å². The molecule has 1 aromatic rings. The smallest absolute Gasteiger partial charge is 0.0931 e. The Kier molecular flexibility index (Phi) is 2.05. The molecule has 0 aliphatic carbocycles. The van der Waals surface area contributed by atoms with Crippen LogP contribution >= 0.6 is 0 Å². The summed E-state index contributed by atoms with van der Waals surface area (Å²) in [5, 5.41) is 1.76. The van der Waals surface area contributed by atoms with Crippen LogP contribution in [0, 0.1) is 0 Å². The Morgan fingerprint density at radius 1 is 1.70 bits per heavy atom. The van der Waals surface area contributed by atoms with E-state index < -0.39 is 0 Å². The molecule has 10 heavy (non-hydrogen) atoms. The zero-order valence-corrected chi connectivity index (χ0v) is 5.96. The van der Waals surface area contributed by atoms with Crippen LogP contribution in [-0.4, -0.2) is 9.97 Å². The largest absolute Gasteiger partial charge is 0.345 e. The van der Waals surface area contributed by atoms with Gasteiger partial charge in [0.2, 0.25) is 0 Å². The van der Waals surface area contributed by atoms with E-state index >= 15 is 0 Å². The summed E-state index contributed by atoms with van der Waals surface area (Å²) in [6.07, 6.45) is 7.44. The number of hydrogen-bond acceptors (Lipinski definition) is 1. The van der Waals surface area contributed by atoms with Gasteiger partial charge in [0.1, 0.15) is 0 Å². The van der Waals surface area contributed by atoms with Crippen LogP contribution in [0.3, 0.4) is 0 Å². The molecule has 0 radical (unpaired) electrons. The van der Waals surface area contributed by atoms with Gasteiger partial charge in [-0.3, -0.25) is 0 Å². The molecule has 0 unspecified atom stereocenters. The molecule has 1 N–H and O–H groups in total. The quantitative estimate of drug-likeness (QED) is 0.583. The minimum Gasteiger partial charge on any atom is -0.345 e. The van der Waals surface area contributed by atoms with Gasteiger partial charge >= 0.3 is 0 Å². The average Bonchev–Trinajstić information content (AvgIpc) is 2.31. The van der Waals surface area contributed by atoms with Gasteiger partial charge in [0.15, 0.2) is 0 Å². The van der Waals surface area contributed by atoms with E-state index in [0.29, 0.717) is 0 Å². The molecular weight excluding hydrogens is 124 g/mol. The molecule has 0 fully saturated rings. The normalized spacial score (nSPS) is 13.1. The number of imidazole rings is 1. The number of H-pyrrole nitrogens is 1. The fraction of sp³-hybridized carbons (Fsp3) is 0.125. The molecule has 0 spiro atoms. The van der Waals surface area contributed by atoms with Gasteiger partial charge in [0.05, 0.1) is 17.0 Å². The van der Waals surface area contributed by atoms with Crippen molar-refractivity contribution in [3.63, 3.8) is 0 Å². The van der Waals surface area contributed by atoms with E-state index in [1.165, 1.54) is 0 Å². The van der Waals surface area contributed by atoms with Gasteiger partial charge in [-0.25, -0.2) is 4.98 Å². The summed E-state index contributed by atoms with van der Waals surface area (Å²) in [5.41, 5.74) is 0. The van der Waals surface area contributed by atoms with Crippen molar-refractivity contribution in [1.29, 1.82) is 0 Å². The first-order valence-electron chi connectivity index (χ1n) is 3.16. The standard InChI is InChI=1S/C8H10N2/c1-3-4-5-8-7(2)9-6-10-8/h3-6H,2H2,1H3,(H,9,10)/b4-3-,8-5+. The average molecular weight is 134 g/mol. The summed E-state index contributed by atoms with van der Waals surface area (Å²) >= 11 is 0. The fourth-order valence-corrected chi connectivity index (χ4v) is 0.663. The highest BCUT2D eigenvalue weighted by Gasteiger charge is 1.78. The molecule has 0 aromatic carbocycles. The molecule has 1 rings (SSSR count). The highest BCUT2D eigenvalue weighted by atomic mass is 14.8. The number of allylic oxidation sites excluding steroid dienone is 2. The third kappa shape index (κ3) is 1.35. The molecule has 0 amide bonds. The SMILES string of the molecule is C=c1[nH]cn/c1=C/C=C\C. The van der Waals surface area contributed by atoms with E-state index in [2.05, 4.69) is 16.5 Å². The maximum atomic E-state index is 4.03. The summed E-state index contributed by atoms with van der Waals surface area (Å²) in [5.74, 6) is 0. The van der Waals surface area contributed by atoms with Gasteiger partial charge in [-0.15, -0.1) is 0 Å². The van der Waals surface area contributed by atoms with Gasteiger partial charge in [-0.05, 0) is 13.0 Å². The van der Waals surface area contributed by atoms with Gasteiger partial charge in [0, 0.05) is 0 Å². The Labute approximate surface area is 59.6 Å². The molecule has 0 saturated carbocycles. The van der Waals surface area contributed by atoms with Gasteiger partial charge in [-0.2, -0.15) is 0 Å². The monoisotopic (exact) mass is 134 g/mol. The second kappa shape index (κ2) is 3.01. The highest BCUT2D eigenvalue weighted by Crippen LogP contribution is 1.68. The number of aromatic amines is 1. The number of hydrogen-bond donors (Lipinski definition) is 1. The first-order chi connectivity index (χ1) is 4.84. The summed E-state index contributed by atoms with van der Waals surface area (Å²) in [4.78, 5) is 6.92. The second-order valence-electron chi connectivity index (χ2n) is 1.96. The van der Waals surface area contributed by atoms with Crippen LogP contribution in [0.5, 0.6) is 0 Å². The van der Waals surface area contributed by atoms with Crippen LogP contribution in [0.4, 0.5) is 0 Å². The number of aromatic nitrogens is 2. The zero-order valence-electron chi connectivity index (χ0n) is 5.96. The summed E-state index contributed by atoms with van der Waals surface area (Å²) in [6, 6.07) is 0. The van der Waals surface area contributed by atoms with Crippen LogP contribution in [0.25, 0.3) is 12.7 Å². The molecule has 0 aliphatic heterocycles. The predicted octanol–water partition coefficient (Wildman–Crippen LogP) is 0.177. The van der Waals surface area contributed by atoms with Crippen molar-refractivity contribution in [1.82, 2.24) is 9.97 Å². The molecule has 1 heterocycles. The van der Waals surface area contributed by atoms with Crippen LogP contribution in [0.2, 0.25) is 0 Å². The lowest BCUT2D eigenvalue weighted by molar-refractivity contribution is 1.29. The summed E-state index contributed by atoms with van der Waals surface area (Å²) in [7, 11) is 0. The number of rotatable bonds is 1. The van der Waals surface area contributed by atoms with Gasteiger partial charge < -0.3 is 4.98 Å². The van der Waals surface area contributed by atoms with Crippen LogP contribution < -0.4 is 10.7 Å². The molecule has 2 heteroatoms. The Morgan fingerprint density at radius 3 is 3.00 bits per heavy atom. The minimum absolute atomic E-state index is 0.859. The third-order valence-electron chi connectivity index (χ3n) is 1.20. The molecule has 2 nitrogen and oxygen atoms in total. The van der Waals surface area contributed by atoms with E-state index in [1.807, 2.05) is 25.2 Å². The van der Waals surface area contributed by atoms with E-state index in [4.69, 9.17) is 0 Å². The summed E-state index contributed by atoms with van der Waals surface area (Å²) in [6.45, 7) is 5.71. The first kappa shape index (κ1) is 6.81. The molecule has 0 saturated heterocycles. The van der Waals surface area contributed by atoms with Crippen molar-refractivity contribution in [2.75, 3.05) is 0 Å². The topological polar surface area (TPSA) is 28.7 Å². The molecule has 1 aromatic heterocycles. The Bertz CT molecular complexity index is 319. The maximum Gasteiger partial charge on any atom is 0.0931 e. The van der Waals surface area contributed by atoms with Crippen molar-refractivity contribution in [3.8, 4) is 0 Å². The van der Waals surface area contributed by atoms with Crippen LogP contribution in [-0.2, 0) is 0 Å². The highest BCUT2D eigenvalue weighted by molar-refractivity contribution is 5.33. The van der Waals surface area contributed by atoms with Crippen molar-refractivity contribution in [2.45, 2.75) is 6.92 Å². The first-order valence-corrected chi connectivity index (χ1v) is 3.16. The zero-order chi connectivity index (χ0) is 7.40. The van der Waals surface area contributed by atoms with E-state index in [1.54, 1.807) is 6.33 Å². The summed E-state index contributed by atoms with van der Waals surface area (Å²) < 4.78 is 0. The van der Waals surface area contributed by atoms with E-state index in [9.17, 15) is 0 Å². The minimum atomic E-state index is 0.859. The Hall–Kier alpha value is -1.31. The second-order valence-corrected chi connectivity index (χ2v) is 1.96. The predicted molar refractivity (Wildman–Crippen MR) is 42.6 cm³/mol. The van der Waals surface area contributed by atoms with E-state index in [-0.39, 0.29) is 0 Å². The van der Waals surface area contributed by atoms with E-state index in [0.717, 1.165) is 10.7 Å². The Balaban J connectivity index is 3.16. The lowest BCUT2D eigenvalue weighted by Crippen LogP contribution is -2.21. The van der Waals surface area contributed by atoms with Crippen molar-refractivity contribution in [3.05, 3.63) is 29.2 Å². The van der Waals surface area contributed by atoms with Crippen LogP contribution in [0.15, 0.2) is 18.5 Å². The maximum absolute atomic E-state index is 4.03. The van der Waals surface area contributed by atoms with Crippen molar-refractivity contribution >= 4 is 12.7 Å². The number of nitrogens with zero attached hydrogens (tertiary/aromatic N) is 1. The number of nitrogens with one attached hydrogen (secondary N) is 1. The van der Waals surface area contributed by atoms with Gasteiger partial charge in [0.25, 0.3) is 0 Å². The lowest BCUT2D eigenvalue weighted by atomic mass is 10.4. The molecule has 52 valence electrons. The van der Waals surface area contributed by atoms with Crippen LogP contribution in [0.1, 0.15) is 6.92 Å². The Morgan fingerprint density at radius 2 is 2.50 bits per heavy atom. The third-order valence-corrected chi connectivity index (χ3v) is 1.20. The van der Waals surface area contributed by atoms with Gasteiger partial charge in [-0.1, -0.05) is 18.7 Å². The lowest BCUT2D eigenvalue weighted by Gasteiger charge is -1.70. The fourth-order valence-electron chi connectivity index (χ4n) is 0.663. The molecule has 0 bridgehead atoms. The molecular formula is C8H10N2. The molecule has 0 atom stereocenters.